The summed E-state index contributed by atoms with van der Waals surface area (Å²) in [5, 5.41) is 0.450. The Morgan fingerprint density at radius 2 is 1.91 bits per heavy atom. The molecule has 0 radical (unpaired) electrons. The molecule has 0 aliphatic carbocycles. The van der Waals surface area contributed by atoms with Crippen molar-refractivity contribution in [1.29, 1.82) is 0 Å². The number of aromatic nitrogens is 2. The number of rotatable bonds is 0. The van der Waals surface area contributed by atoms with E-state index >= 15 is 0 Å². The number of nitrogens with zero attached hydrogens (tertiary/aromatic N) is 2. The van der Waals surface area contributed by atoms with Crippen molar-refractivity contribution in [3.05, 3.63) is 16.5 Å². The van der Waals surface area contributed by atoms with Gasteiger partial charge >= 0.3 is 29.6 Å². The normalized spacial score (nSPS) is 9.00. The number of hydrogen-bond donors (Lipinski definition) is 1. The Kier molecular flexibility index (Phi) is 4.32. The van der Waals surface area contributed by atoms with Gasteiger partial charge in [-0.05, 0) is 13.8 Å². The van der Waals surface area contributed by atoms with Crippen LogP contribution in [0.2, 0.25) is 5.02 Å². The fourth-order valence-corrected chi connectivity index (χ4v) is 0.810. The van der Waals surface area contributed by atoms with Gasteiger partial charge in [-0.15, -0.1) is 0 Å². The molecule has 1 aromatic heterocycles. The number of hydrogen-bond acceptors (Lipinski definition) is 3. The zero-order valence-corrected chi connectivity index (χ0v) is 9.61. The van der Waals surface area contributed by atoms with E-state index in [2.05, 4.69) is 9.97 Å². The van der Waals surface area contributed by atoms with Gasteiger partial charge in [-0.1, -0.05) is 11.6 Å². The van der Waals surface area contributed by atoms with Gasteiger partial charge in [-0.25, -0.2) is 9.97 Å². The van der Waals surface area contributed by atoms with Crippen LogP contribution in [-0.2, 0) is 0 Å². The Bertz CT molecular complexity index is 246. The fourth-order valence-electron chi connectivity index (χ4n) is 0.726. The van der Waals surface area contributed by atoms with Crippen LogP contribution in [0, 0.1) is 13.8 Å². The summed E-state index contributed by atoms with van der Waals surface area (Å²) in [5.41, 5.74) is 6.17. The summed E-state index contributed by atoms with van der Waals surface area (Å²) in [7, 11) is 0. The first-order valence-corrected chi connectivity index (χ1v) is 3.25. The van der Waals surface area contributed by atoms with Crippen LogP contribution in [0.5, 0.6) is 0 Å². The van der Waals surface area contributed by atoms with Gasteiger partial charge in [-0.3, -0.25) is 0 Å². The molecule has 0 atom stereocenters. The van der Waals surface area contributed by atoms with E-state index in [0.717, 1.165) is 5.69 Å². The van der Waals surface area contributed by atoms with E-state index in [-0.39, 0.29) is 31.0 Å². The summed E-state index contributed by atoms with van der Waals surface area (Å²) in [4.78, 5) is 7.88. The topological polar surface area (TPSA) is 51.8 Å². The Morgan fingerprint density at radius 3 is 2.36 bits per heavy atom. The van der Waals surface area contributed by atoms with Crippen molar-refractivity contribution in [2.24, 2.45) is 0 Å². The second-order valence-corrected chi connectivity index (χ2v) is 2.43. The molecule has 11 heavy (non-hydrogen) atoms. The average Bonchev–Trinajstić information content (AvgIpc) is 1.82. The van der Waals surface area contributed by atoms with Gasteiger partial charge in [0.15, 0.2) is 0 Å². The maximum Gasteiger partial charge on any atom is 1.00 e. The number of aryl methyl sites for hydroxylation is 2. The zero-order chi connectivity index (χ0) is 7.72. The predicted molar refractivity (Wildman–Crippen MR) is 42.0 cm³/mol. The first-order valence-electron chi connectivity index (χ1n) is 2.87. The first-order chi connectivity index (χ1) is 4.61. The van der Waals surface area contributed by atoms with E-state index in [1.54, 1.807) is 13.8 Å². The van der Waals surface area contributed by atoms with Gasteiger partial charge in [0.2, 0.25) is 0 Å². The van der Waals surface area contributed by atoms with E-state index in [1.165, 1.54) is 0 Å². The SMILES string of the molecule is Cc1nc(C)c(Cl)c(N)n1.[H-].[Na+]. The van der Waals surface area contributed by atoms with Crippen LogP contribution in [0.15, 0.2) is 0 Å². The van der Waals surface area contributed by atoms with Crippen LogP contribution in [0.3, 0.4) is 0 Å². The third kappa shape index (κ3) is 2.60. The van der Waals surface area contributed by atoms with Gasteiger partial charge in [0.1, 0.15) is 16.7 Å². The summed E-state index contributed by atoms with van der Waals surface area (Å²) in [6.45, 7) is 3.58. The van der Waals surface area contributed by atoms with Crippen LogP contribution in [0.25, 0.3) is 0 Å². The molecule has 2 N–H and O–H groups in total. The molecule has 0 aromatic carbocycles. The molecule has 1 heterocycles. The quantitative estimate of drug-likeness (QED) is 0.493. The van der Waals surface area contributed by atoms with Gasteiger partial charge in [0.25, 0.3) is 0 Å². The minimum absolute atomic E-state index is 0. The van der Waals surface area contributed by atoms with Gasteiger partial charge in [0, 0.05) is 0 Å². The molecule has 0 fully saturated rings. The molecule has 0 unspecified atom stereocenters. The Morgan fingerprint density at radius 1 is 1.36 bits per heavy atom. The molecule has 0 saturated carbocycles. The molecule has 0 bridgehead atoms. The average molecular weight is 182 g/mol. The van der Waals surface area contributed by atoms with E-state index in [9.17, 15) is 0 Å². The van der Waals surface area contributed by atoms with Crippen LogP contribution < -0.4 is 35.3 Å². The maximum atomic E-state index is 5.70. The molecule has 1 rings (SSSR count). The second kappa shape index (κ2) is 4.26. The molecular formula is C6H9ClN3Na. The molecule has 0 aliphatic heterocycles. The van der Waals surface area contributed by atoms with Crippen molar-refractivity contribution in [3.8, 4) is 0 Å². The minimum atomic E-state index is 0. The number of anilines is 1. The predicted octanol–water partition coefficient (Wildman–Crippen LogP) is -1.55. The van der Waals surface area contributed by atoms with Crippen molar-refractivity contribution >= 4 is 17.4 Å². The van der Waals surface area contributed by atoms with Crippen LogP contribution in [-0.4, -0.2) is 9.97 Å². The molecule has 1 aromatic rings. The van der Waals surface area contributed by atoms with Crippen LogP contribution >= 0.6 is 11.6 Å². The van der Waals surface area contributed by atoms with E-state index < -0.39 is 0 Å². The van der Waals surface area contributed by atoms with Gasteiger partial charge in [-0.2, -0.15) is 0 Å². The maximum absolute atomic E-state index is 5.70. The van der Waals surface area contributed by atoms with Gasteiger partial charge in [0.05, 0.1) is 5.69 Å². The Hall–Kier alpha value is 0.170. The largest absolute Gasteiger partial charge is 1.00 e. The van der Waals surface area contributed by atoms with Crippen LogP contribution in [0.1, 0.15) is 12.9 Å². The third-order valence-electron chi connectivity index (χ3n) is 1.15. The van der Waals surface area contributed by atoms with E-state index in [4.69, 9.17) is 17.3 Å². The molecule has 0 amide bonds. The molecule has 0 aliphatic rings. The monoisotopic (exact) mass is 181 g/mol. The molecule has 0 spiro atoms. The molecular weight excluding hydrogens is 173 g/mol. The van der Waals surface area contributed by atoms with Crippen molar-refractivity contribution in [3.63, 3.8) is 0 Å². The first kappa shape index (κ1) is 11.2. The standard InChI is InChI=1S/C6H8ClN3.Na.H/c1-3-5(7)6(8)10-4(2)9-3;;/h1-2H3,(H2,8,9,10);;/q;+1;-1. The zero-order valence-electron chi connectivity index (χ0n) is 7.85. The van der Waals surface area contributed by atoms with Crippen LogP contribution in [0.4, 0.5) is 5.82 Å². The fraction of sp³-hybridized carbons (Fsp3) is 0.333. The number of nitrogen functional groups attached to an aromatic ring is 1. The summed E-state index contributed by atoms with van der Waals surface area (Å²) in [5.74, 6) is 1.01. The number of nitrogens with two attached hydrogens (primary N) is 1. The van der Waals surface area contributed by atoms with E-state index in [1.807, 2.05) is 0 Å². The summed E-state index contributed by atoms with van der Waals surface area (Å²) in [6.07, 6.45) is 0. The van der Waals surface area contributed by atoms with Crippen molar-refractivity contribution < 1.29 is 31.0 Å². The Balaban J connectivity index is 0. The van der Waals surface area contributed by atoms with Crippen molar-refractivity contribution in [1.82, 2.24) is 9.97 Å². The molecule has 56 valence electrons. The summed E-state index contributed by atoms with van der Waals surface area (Å²) < 4.78 is 0. The van der Waals surface area contributed by atoms with Gasteiger partial charge < -0.3 is 7.16 Å². The smallest absolute Gasteiger partial charge is 1.00 e. The van der Waals surface area contributed by atoms with Crippen molar-refractivity contribution in [2.75, 3.05) is 5.73 Å². The Labute approximate surface area is 94.1 Å². The summed E-state index contributed by atoms with van der Waals surface area (Å²) >= 11 is 5.70. The van der Waals surface area contributed by atoms with Crippen molar-refractivity contribution in [2.45, 2.75) is 13.8 Å². The third-order valence-corrected chi connectivity index (χ3v) is 1.62. The molecule has 0 saturated heterocycles. The second-order valence-electron chi connectivity index (χ2n) is 2.06. The number of halogens is 1. The summed E-state index contributed by atoms with van der Waals surface area (Å²) in [6, 6.07) is 0. The van der Waals surface area contributed by atoms with E-state index in [0.29, 0.717) is 16.7 Å². The minimum Gasteiger partial charge on any atom is -1.00 e. The molecule has 3 nitrogen and oxygen atoms in total. The molecule has 5 heteroatoms.